The van der Waals surface area contributed by atoms with Crippen molar-refractivity contribution < 1.29 is 13.6 Å². The van der Waals surface area contributed by atoms with E-state index in [4.69, 9.17) is 0 Å². The molecule has 0 aliphatic rings. The summed E-state index contributed by atoms with van der Waals surface area (Å²) in [5, 5.41) is 3.54. The molecule has 65 heavy (non-hydrogen) atoms. The molecule has 5 aromatic rings. The van der Waals surface area contributed by atoms with Gasteiger partial charge >= 0.3 is 0 Å². The first-order valence-electron chi connectivity index (χ1n) is 25.0. The van der Waals surface area contributed by atoms with Crippen molar-refractivity contribution in [1.29, 1.82) is 0 Å². The Hall–Kier alpha value is -4.69. The van der Waals surface area contributed by atoms with Gasteiger partial charge in [-0.05, 0) is 117 Å². The minimum Gasteiger partial charge on any atom is -0.333 e. The SMILES string of the molecule is CCCCCc1ccc(C(=O)N(CCN(CCCC)CCCC)Cc2ccc(-c3ccccc3F)cc2)cc1.CCCCN(CCCC)CCNCc1ccc(-c2ccccc2F)cc1. The third-order valence-corrected chi connectivity index (χ3v) is 12.1. The van der Waals surface area contributed by atoms with Crippen molar-refractivity contribution in [2.75, 3.05) is 52.4 Å². The molecule has 0 radical (unpaired) electrons. The molecule has 0 aromatic heterocycles. The number of benzene rings is 5. The number of unbranched alkanes of at least 4 members (excludes halogenated alkanes) is 6. The van der Waals surface area contributed by atoms with Crippen molar-refractivity contribution in [3.05, 3.63) is 155 Å². The van der Waals surface area contributed by atoms with Gasteiger partial charge in [0, 0.05) is 56.0 Å². The van der Waals surface area contributed by atoms with Crippen molar-refractivity contribution in [3.63, 3.8) is 0 Å². The van der Waals surface area contributed by atoms with Gasteiger partial charge < -0.3 is 20.0 Å². The smallest absolute Gasteiger partial charge is 0.254 e. The summed E-state index contributed by atoms with van der Waals surface area (Å²) in [6, 6.07) is 38.1. The second kappa shape index (κ2) is 31.3. The van der Waals surface area contributed by atoms with Crippen LogP contribution in [0.5, 0.6) is 0 Å². The lowest BCUT2D eigenvalue weighted by atomic mass is 10.0. The van der Waals surface area contributed by atoms with Crippen LogP contribution in [0.25, 0.3) is 22.3 Å². The summed E-state index contributed by atoms with van der Waals surface area (Å²) < 4.78 is 28.1. The Balaban J connectivity index is 0.000000309. The van der Waals surface area contributed by atoms with Crippen LogP contribution in [-0.2, 0) is 19.5 Å². The fourth-order valence-electron chi connectivity index (χ4n) is 7.96. The lowest BCUT2D eigenvalue weighted by Crippen LogP contribution is -2.39. The highest BCUT2D eigenvalue weighted by molar-refractivity contribution is 5.94. The second-order valence-corrected chi connectivity index (χ2v) is 17.5. The van der Waals surface area contributed by atoms with Crippen molar-refractivity contribution >= 4 is 5.91 Å². The van der Waals surface area contributed by atoms with Crippen LogP contribution >= 0.6 is 0 Å². The maximum atomic E-state index is 14.3. The molecule has 1 N–H and O–H groups in total. The molecule has 352 valence electrons. The van der Waals surface area contributed by atoms with E-state index in [0.717, 1.165) is 67.9 Å². The minimum absolute atomic E-state index is 0.0687. The predicted octanol–water partition coefficient (Wildman–Crippen LogP) is 14.3. The quantitative estimate of drug-likeness (QED) is 0.0486. The van der Waals surface area contributed by atoms with E-state index < -0.39 is 0 Å². The summed E-state index contributed by atoms with van der Waals surface area (Å²) in [5.41, 5.74) is 7.35. The fraction of sp³-hybridized carbons (Fsp3) is 0.466. The van der Waals surface area contributed by atoms with Gasteiger partial charge in [-0.3, -0.25) is 4.79 Å². The average molecular weight is 887 g/mol. The zero-order valence-electron chi connectivity index (χ0n) is 40.6. The van der Waals surface area contributed by atoms with Gasteiger partial charge in [-0.25, -0.2) is 8.78 Å². The van der Waals surface area contributed by atoms with Gasteiger partial charge in [-0.1, -0.05) is 170 Å². The minimum atomic E-state index is -0.223. The van der Waals surface area contributed by atoms with Crippen molar-refractivity contribution in [1.82, 2.24) is 20.0 Å². The van der Waals surface area contributed by atoms with Crippen LogP contribution in [0, 0.1) is 11.6 Å². The van der Waals surface area contributed by atoms with Gasteiger partial charge in [0.25, 0.3) is 5.91 Å². The van der Waals surface area contributed by atoms with Crippen LogP contribution in [0.2, 0.25) is 0 Å². The molecule has 0 heterocycles. The third kappa shape index (κ3) is 19.4. The van der Waals surface area contributed by atoms with Crippen LogP contribution in [0.15, 0.2) is 121 Å². The number of nitrogens with one attached hydrogen (secondary N) is 1. The molecule has 0 saturated carbocycles. The van der Waals surface area contributed by atoms with E-state index in [0.29, 0.717) is 24.2 Å². The summed E-state index contributed by atoms with van der Waals surface area (Å²) >= 11 is 0. The molecule has 0 bridgehead atoms. The summed E-state index contributed by atoms with van der Waals surface area (Å²) in [7, 11) is 0. The Morgan fingerprint density at radius 1 is 0.462 bits per heavy atom. The van der Waals surface area contributed by atoms with Crippen molar-refractivity contribution in [2.24, 2.45) is 0 Å². The van der Waals surface area contributed by atoms with E-state index in [1.54, 1.807) is 18.2 Å². The zero-order valence-corrected chi connectivity index (χ0v) is 40.6. The van der Waals surface area contributed by atoms with Crippen LogP contribution in [-0.4, -0.2) is 73.0 Å². The maximum absolute atomic E-state index is 14.3. The van der Waals surface area contributed by atoms with Crippen LogP contribution < -0.4 is 5.32 Å². The molecule has 5 rings (SSSR count). The van der Waals surface area contributed by atoms with E-state index >= 15 is 0 Å². The van der Waals surface area contributed by atoms with Crippen molar-refractivity contribution in [2.45, 2.75) is 125 Å². The number of carbonyl (C=O) groups excluding carboxylic acids is 1. The number of halogens is 2. The molecule has 5 nitrogen and oxygen atoms in total. The van der Waals surface area contributed by atoms with E-state index in [1.165, 1.54) is 107 Å². The van der Waals surface area contributed by atoms with Gasteiger partial charge in [-0.15, -0.1) is 0 Å². The molecule has 7 heteroatoms. The van der Waals surface area contributed by atoms with E-state index in [9.17, 15) is 13.6 Å². The van der Waals surface area contributed by atoms with Gasteiger partial charge in [0.05, 0.1) is 0 Å². The van der Waals surface area contributed by atoms with Gasteiger partial charge in [0.2, 0.25) is 0 Å². The highest BCUT2D eigenvalue weighted by Crippen LogP contribution is 2.25. The molecule has 0 spiro atoms. The van der Waals surface area contributed by atoms with Gasteiger partial charge in [0.1, 0.15) is 11.6 Å². The van der Waals surface area contributed by atoms with E-state index in [2.05, 4.69) is 74.0 Å². The predicted molar refractivity (Wildman–Crippen MR) is 272 cm³/mol. The molecular formula is C58H80F2N4O. The first-order chi connectivity index (χ1) is 31.8. The van der Waals surface area contributed by atoms with E-state index in [1.807, 2.05) is 71.6 Å². The third-order valence-electron chi connectivity index (χ3n) is 12.1. The number of amides is 1. The highest BCUT2D eigenvalue weighted by atomic mass is 19.1. The number of aryl methyl sites for hydroxylation is 1. The summed E-state index contributed by atoms with van der Waals surface area (Å²) in [4.78, 5) is 20.8. The summed E-state index contributed by atoms with van der Waals surface area (Å²) in [6.07, 6.45) is 14.4. The molecular weight excluding hydrogens is 807 g/mol. The monoisotopic (exact) mass is 887 g/mol. The van der Waals surface area contributed by atoms with Crippen molar-refractivity contribution in [3.8, 4) is 22.3 Å². The Kier molecular flexibility index (Phi) is 25.5. The first kappa shape index (κ1) is 52.9. The Bertz CT molecular complexity index is 2000. The molecule has 0 aliphatic heterocycles. The Morgan fingerprint density at radius 2 is 0.908 bits per heavy atom. The van der Waals surface area contributed by atoms with Gasteiger partial charge in [-0.2, -0.15) is 0 Å². The van der Waals surface area contributed by atoms with E-state index in [-0.39, 0.29) is 17.5 Å². The second-order valence-electron chi connectivity index (χ2n) is 17.5. The van der Waals surface area contributed by atoms with Crippen LogP contribution in [0.3, 0.4) is 0 Å². The number of carbonyl (C=O) groups is 1. The Morgan fingerprint density at radius 3 is 1.38 bits per heavy atom. The number of hydrogen-bond acceptors (Lipinski definition) is 4. The standard InChI is InChI=1S/C35H47FN2O.C23H33FN2/c1-4-7-10-13-29-16-22-32(23-17-29)35(39)38(27-26-37(24-8-5-2)25-9-6-3)28-30-18-20-31(21-19-30)33-14-11-12-15-34(33)36;1-3-5-16-26(17-6-4-2)18-15-25-19-20-11-13-21(14-12-20)22-9-7-8-10-23(22)24/h11-12,14-23H,4-10,13,24-28H2,1-3H3;7-14,25H,3-6,15-19H2,1-2H3. The summed E-state index contributed by atoms with van der Waals surface area (Å²) in [5.74, 6) is -0.323. The lowest BCUT2D eigenvalue weighted by molar-refractivity contribution is 0.0720. The molecule has 0 atom stereocenters. The topological polar surface area (TPSA) is 38.8 Å². The number of hydrogen-bond donors (Lipinski definition) is 1. The molecule has 0 unspecified atom stereocenters. The molecule has 5 aromatic carbocycles. The molecule has 0 aliphatic carbocycles. The molecule has 1 amide bonds. The Labute approximate surface area is 392 Å². The number of nitrogens with zero attached hydrogens (tertiary/aromatic N) is 3. The highest BCUT2D eigenvalue weighted by Gasteiger charge is 2.18. The average Bonchev–Trinajstić information content (AvgIpc) is 3.34. The first-order valence-corrected chi connectivity index (χ1v) is 25.0. The fourth-order valence-corrected chi connectivity index (χ4v) is 7.96. The lowest BCUT2D eigenvalue weighted by Gasteiger charge is -2.28. The molecule has 0 saturated heterocycles. The maximum Gasteiger partial charge on any atom is 0.254 e. The summed E-state index contributed by atoms with van der Waals surface area (Å²) in [6.45, 7) is 20.8. The van der Waals surface area contributed by atoms with Crippen LogP contribution in [0.4, 0.5) is 8.78 Å². The molecule has 0 fully saturated rings. The largest absolute Gasteiger partial charge is 0.333 e. The van der Waals surface area contributed by atoms with Gasteiger partial charge in [0.15, 0.2) is 0 Å². The normalized spacial score (nSPS) is 11.2. The number of rotatable bonds is 29. The zero-order chi connectivity index (χ0) is 46.5. The van der Waals surface area contributed by atoms with Crippen LogP contribution in [0.1, 0.15) is 132 Å².